The van der Waals surface area contributed by atoms with Gasteiger partial charge in [0, 0.05) is 24.9 Å². The average Bonchev–Trinajstić information content (AvgIpc) is 2.69. The third-order valence-electron chi connectivity index (χ3n) is 3.31. The SMILES string of the molecule is CC(N)CC(=O)NCC1CCc2ccccc21.Cl. The fourth-order valence-electron chi connectivity index (χ4n) is 2.46. The summed E-state index contributed by atoms with van der Waals surface area (Å²) in [5, 5.41) is 2.98. The Morgan fingerprint density at radius 1 is 1.50 bits per heavy atom. The molecule has 0 radical (unpaired) electrons. The highest BCUT2D eigenvalue weighted by molar-refractivity contribution is 5.85. The number of amides is 1. The number of rotatable bonds is 4. The number of halogens is 1. The normalized spacial score (nSPS) is 18.7. The summed E-state index contributed by atoms with van der Waals surface area (Å²) in [6.07, 6.45) is 2.68. The van der Waals surface area contributed by atoms with Crippen LogP contribution < -0.4 is 11.1 Å². The molecule has 1 aliphatic carbocycles. The van der Waals surface area contributed by atoms with Crippen LogP contribution in [-0.4, -0.2) is 18.5 Å². The number of hydrogen-bond donors (Lipinski definition) is 2. The summed E-state index contributed by atoms with van der Waals surface area (Å²) in [5.74, 6) is 0.535. The summed E-state index contributed by atoms with van der Waals surface area (Å²) in [6.45, 7) is 2.59. The lowest BCUT2D eigenvalue weighted by molar-refractivity contribution is -0.121. The first kappa shape index (κ1) is 15.0. The molecule has 0 bridgehead atoms. The van der Waals surface area contributed by atoms with Crippen LogP contribution in [0.5, 0.6) is 0 Å². The van der Waals surface area contributed by atoms with Gasteiger partial charge in [-0.2, -0.15) is 0 Å². The third-order valence-corrected chi connectivity index (χ3v) is 3.31. The Balaban J connectivity index is 0.00000162. The van der Waals surface area contributed by atoms with Crippen molar-refractivity contribution in [3.63, 3.8) is 0 Å². The number of benzene rings is 1. The standard InChI is InChI=1S/C14H20N2O.ClH/c1-10(15)8-14(17)16-9-12-7-6-11-4-2-3-5-13(11)12;/h2-5,10,12H,6-9,15H2,1H3,(H,16,17);1H. The lowest BCUT2D eigenvalue weighted by atomic mass is 10.0. The van der Waals surface area contributed by atoms with Crippen LogP contribution in [0.15, 0.2) is 24.3 Å². The van der Waals surface area contributed by atoms with Crippen LogP contribution in [0, 0.1) is 0 Å². The minimum absolute atomic E-state index is 0. The van der Waals surface area contributed by atoms with Gasteiger partial charge in [0.2, 0.25) is 5.91 Å². The van der Waals surface area contributed by atoms with E-state index in [0.29, 0.717) is 12.3 Å². The molecule has 1 aliphatic rings. The molecule has 0 fully saturated rings. The molecule has 0 saturated carbocycles. The second-order valence-electron chi connectivity index (χ2n) is 4.92. The van der Waals surface area contributed by atoms with Gasteiger partial charge >= 0.3 is 0 Å². The highest BCUT2D eigenvalue weighted by Crippen LogP contribution is 2.32. The Labute approximate surface area is 115 Å². The smallest absolute Gasteiger partial charge is 0.221 e. The van der Waals surface area contributed by atoms with Crippen molar-refractivity contribution in [3.8, 4) is 0 Å². The fraction of sp³-hybridized carbons (Fsp3) is 0.500. The van der Waals surface area contributed by atoms with Gasteiger partial charge in [-0.1, -0.05) is 24.3 Å². The number of hydrogen-bond acceptors (Lipinski definition) is 2. The average molecular weight is 269 g/mol. The molecule has 0 spiro atoms. The Bertz CT molecular complexity index is 407. The van der Waals surface area contributed by atoms with Crippen molar-refractivity contribution in [1.29, 1.82) is 0 Å². The lowest BCUT2D eigenvalue weighted by Crippen LogP contribution is -2.32. The van der Waals surface area contributed by atoms with Crippen LogP contribution in [0.3, 0.4) is 0 Å². The zero-order chi connectivity index (χ0) is 12.3. The molecule has 2 atom stereocenters. The number of nitrogens with two attached hydrogens (primary N) is 1. The monoisotopic (exact) mass is 268 g/mol. The molecule has 4 heteroatoms. The van der Waals surface area contributed by atoms with Crippen LogP contribution in [0.4, 0.5) is 0 Å². The van der Waals surface area contributed by atoms with Crippen LogP contribution >= 0.6 is 12.4 Å². The van der Waals surface area contributed by atoms with Gasteiger partial charge in [-0.05, 0) is 30.9 Å². The van der Waals surface area contributed by atoms with E-state index in [1.165, 1.54) is 11.1 Å². The number of carbonyl (C=O) groups is 1. The lowest BCUT2D eigenvalue weighted by Gasteiger charge is -2.13. The van der Waals surface area contributed by atoms with E-state index in [1.54, 1.807) is 0 Å². The van der Waals surface area contributed by atoms with Gasteiger partial charge in [0.05, 0.1) is 0 Å². The summed E-state index contributed by atoms with van der Waals surface area (Å²) in [4.78, 5) is 11.5. The quantitative estimate of drug-likeness (QED) is 0.878. The van der Waals surface area contributed by atoms with Gasteiger partial charge in [-0.25, -0.2) is 0 Å². The van der Waals surface area contributed by atoms with Crippen molar-refractivity contribution >= 4 is 18.3 Å². The van der Waals surface area contributed by atoms with Crippen molar-refractivity contribution in [2.75, 3.05) is 6.54 Å². The molecule has 0 aliphatic heterocycles. The molecule has 18 heavy (non-hydrogen) atoms. The number of fused-ring (bicyclic) bond motifs is 1. The molecule has 1 amide bonds. The van der Waals surface area contributed by atoms with Crippen molar-refractivity contribution in [2.24, 2.45) is 5.73 Å². The van der Waals surface area contributed by atoms with E-state index in [2.05, 4.69) is 29.6 Å². The molecule has 3 nitrogen and oxygen atoms in total. The fourth-order valence-corrected chi connectivity index (χ4v) is 2.46. The van der Waals surface area contributed by atoms with E-state index in [1.807, 2.05) is 6.92 Å². The van der Waals surface area contributed by atoms with E-state index in [0.717, 1.165) is 19.4 Å². The van der Waals surface area contributed by atoms with Gasteiger partial charge in [0.15, 0.2) is 0 Å². The molecular weight excluding hydrogens is 248 g/mol. The van der Waals surface area contributed by atoms with Crippen LogP contribution in [0.2, 0.25) is 0 Å². The first-order valence-corrected chi connectivity index (χ1v) is 6.27. The Hall–Kier alpha value is -1.06. The van der Waals surface area contributed by atoms with Gasteiger partial charge in [-0.15, -0.1) is 12.4 Å². The Morgan fingerprint density at radius 3 is 2.94 bits per heavy atom. The summed E-state index contributed by atoms with van der Waals surface area (Å²) < 4.78 is 0. The van der Waals surface area contributed by atoms with Gasteiger partial charge < -0.3 is 11.1 Å². The minimum atomic E-state index is -0.0640. The van der Waals surface area contributed by atoms with E-state index >= 15 is 0 Å². The van der Waals surface area contributed by atoms with E-state index in [9.17, 15) is 4.79 Å². The minimum Gasteiger partial charge on any atom is -0.355 e. The Morgan fingerprint density at radius 2 is 2.22 bits per heavy atom. The van der Waals surface area contributed by atoms with Crippen molar-refractivity contribution in [2.45, 2.75) is 38.1 Å². The van der Waals surface area contributed by atoms with Crippen LogP contribution in [0.25, 0.3) is 0 Å². The summed E-state index contributed by atoms with van der Waals surface area (Å²) in [7, 11) is 0. The predicted molar refractivity (Wildman–Crippen MR) is 76.0 cm³/mol. The first-order valence-electron chi connectivity index (χ1n) is 6.27. The van der Waals surface area contributed by atoms with Crippen molar-refractivity contribution in [1.82, 2.24) is 5.32 Å². The van der Waals surface area contributed by atoms with E-state index < -0.39 is 0 Å². The molecule has 100 valence electrons. The topological polar surface area (TPSA) is 55.1 Å². The Kier molecular flexibility index (Phi) is 5.63. The highest BCUT2D eigenvalue weighted by atomic mass is 35.5. The molecule has 2 unspecified atom stereocenters. The largest absolute Gasteiger partial charge is 0.355 e. The summed E-state index contributed by atoms with van der Waals surface area (Å²) in [6, 6.07) is 8.44. The first-order chi connectivity index (χ1) is 8.16. The molecule has 0 saturated heterocycles. The maximum Gasteiger partial charge on any atom is 0.221 e. The maximum atomic E-state index is 11.5. The number of carbonyl (C=O) groups excluding carboxylic acids is 1. The predicted octanol–water partition coefficient (Wildman–Crippen LogP) is 1.99. The second-order valence-corrected chi connectivity index (χ2v) is 4.92. The van der Waals surface area contributed by atoms with Crippen LogP contribution in [-0.2, 0) is 11.2 Å². The summed E-state index contributed by atoms with van der Waals surface area (Å²) in [5.41, 5.74) is 8.42. The van der Waals surface area contributed by atoms with Gasteiger partial charge in [0.25, 0.3) is 0 Å². The maximum absolute atomic E-state index is 11.5. The summed E-state index contributed by atoms with van der Waals surface area (Å²) >= 11 is 0. The zero-order valence-corrected chi connectivity index (χ0v) is 11.5. The van der Waals surface area contributed by atoms with E-state index in [4.69, 9.17) is 5.73 Å². The molecule has 3 N–H and O–H groups in total. The molecular formula is C14H21ClN2O. The number of aryl methyl sites for hydroxylation is 1. The van der Waals surface area contributed by atoms with Crippen LogP contribution in [0.1, 0.15) is 36.8 Å². The number of nitrogens with one attached hydrogen (secondary N) is 1. The molecule has 1 aromatic carbocycles. The molecule has 0 aromatic heterocycles. The second kappa shape index (κ2) is 6.76. The van der Waals surface area contributed by atoms with Crippen molar-refractivity contribution < 1.29 is 4.79 Å². The van der Waals surface area contributed by atoms with Gasteiger partial charge in [0.1, 0.15) is 0 Å². The van der Waals surface area contributed by atoms with Gasteiger partial charge in [-0.3, -0.25) is 4.79 Å². The molecule has 0 heterocycles. The highest BCUT2D eigenvalue weighted by Gasteiger charge is 2.22. The molecule has 2 rings (SSSR count). The third kappa shape index (κ3) is 3.72. The zero-order valence-electron chi connectivity index (χ0n) is 10.7. The van der Waals surface area contributed by atoms with E-state index in [-0.39, 0.29) is 24.4 Å². The molecule has 1 aromatic rings. The van der Waals surface area contributed by atoms with Crippen molar-refractivity contribution in [3.05, 3.63) is 35.4 Å².